The van der Waals surface area contributed by atoms with Crippen molar-refractivity contribution >= 4 is 17.5 Å². The minimum atomic E-state index is -0.985. The number of carbonyl (C=O) groups is 1. The number of H-pyrrole nitrogens is 1. The molecule has 3 N–H and O–H groups in total. The molecule has 1 amide bonds. The van der Waals surface area contributed by atoms with E-state index in [-0.39, 0.29) is 5.91 Å². The van der Waals surface area contributed by atoms with Crippen molar-refractivity contribution in [3.05, 3.63) is 46.7 Å². The molecule has 3 rings (SSSR count). The third-order valence-corrected chi connectivity index (χ3v) is 4.68. The number of halogens is 1. The molecule has 1 aromatic carbocycles. The van der Waals surface area contributed by atoms with E-state index in [2.05, 4.69) is 25.6 Å². The molecule has 1 aliphatic heterocycles. The molecule has 0 spiro atoms. The summed E-state index contributed by atoms with van der Waals surface area (Å²) < 4.78 is 0. The summed E-state index contributed by atoms with van der Waals surface area (Å²) in [6.07, 6.45) is 2.50. The molecule has 1 fully saturated rings. The van der Waals surface area contributed by atoms with Gasteiger partial charge in [-0.2, -0.15) is 15.4 Å². The molecule has 1 aromatic heterocycles. The molecule has 2 aromatic rings. The molecule has 1 aliphatic rings. The molecular weight excluding hydrogens is 330 g/mol. The Hall–Kier alpha value is -1.96. The van der Waals surface area contributed by atoms with E-state index in [0.29, 0.717) is 43.2 Å². The van der Waals surface area contributed by atoms with E-state index in [0.717, 1.165) is 12.1 Å². The lowest BCUT2D eigenvalue weighted by Gasteiger charge is -2.20. The van der Waals surface area contributed by atoms with Crippen molar-refractivity contribution in [1.82, 2.24) is 25.6 Å². The fourth-order valence-electron chi connectivity index (χ4n) is 2.88. The summed E-state index contributed by atoms with van der Waals surface area (Å²) in [6, 6.07) is 7.44. The monoisotopic (exact) mass is 349 g/mol. The van der Waals surface area contributed by atoms with Gasteiger partial charge in [-0.1, -0.05) is 29.8 Å². The van der Waals surface area contributed by atoms with Crippen LogP contribution >= 0.6 is 11.6 Å². The number of aromatic amines is 1. The summed E-state index contributed by atoms with van der Waals surface area (Å²) in [5, 5.41) is 24.3. The number of hydrogen-bond acceptors (Lipinski definition) is 5. The zero-order valence-electron chi connectivity index (χ0n) is 13.2. The van der Waals surface area contributed by atoms with Gasteiger partial charge in [-0.15, -0.1) is 0 Å². The number of amides is 1. The first-order chi connectivity index (χ1) is 11.6. The molecule has 1 atom stereocenters. The van der Waals surface area contributed by atoms with Crippen LogP contribution in [0.3, 0.4) is 0 Å². The maximum atomic E-state index is 12.0. The topological polar surface area (TPSA) is 94.1 Å². The van der Waals surface area contributed by atoms with Crippen molar-refractivity contribution in [3.63, 3.8) is 0 Å². The highest BCUT2D eigenvalue weighted by atomic mass is 35.5. The summed E-state index contributed by atoms with van der Waals surface area (Å²) in [7, 11) is 0. The second kappa shape index (κ2) is 7.29. The number of carbonyl (C=O) groups excluding carboxylic acids is 1. The lowest BCUT2D eigenvalue weighted by atomic mass is 10.0. The summed E-state index contributed by atoms with van der Waals surface area (Å²) in [4.78, 5) is 14.1. The van der Waals surface area contributed by atoms with E-state index >= 15 is 0 Å². The maximum absolute atomic E-state index is 12.0. The Bertz CT molecular complexity index is 694. The van der Waals surface area contributed by atoms with Crippen molar-refractivity contribution in [2.45, 2.75) is 25.0 Å². The number of rotatable bonds is 6. The molecule has 8 heteroatoms. The zero-order chi connectivity index (χ0) is 17.0. The van der Waals surface area contributed by atoms with Gasteiger partial charge in [0.25, 0.3) is 0 Å². The van der Waals surface area contributed by atoms with Crippen molar-refractivity contribution < 1.29 is 9.90 Å². The van der Waals surface area contributed by atoms with Gasteiger partial charge in [-0.3, -0.25) is 9.69 Å². The number of aromatic nitrogens is 3. The molecule has 128 valence electrons. The summed E-state index contributed by atoms with van der Waals surface area (Å²) in [5.41, 5.74) is 0.461. The first-order valence-corrected chi connectivity index (χ1v) is 8.26. The fraction of sp³-hybridized carbons (Fsp3) is 0.438. The Morgan fingerprint density at radius 3 is 3.04 bits per heavy atom. The van der Waals surface area contributed by atoms with E-state index in [1.54, 1.807) is 12.3 Å². The Labute approximate surface area is 145 Å². The van der Waals surface area contributed by atoms with E-state index < -0.39 is 5.60 Å². The average molecular weight is 350 g/mol. The van der Waals surface area contributed by atoms with Gasteiger partial charge in [-0.05, 0) is 18.1 Å². The van der Waals surface area contributed by atoms with E-state index in [4.69, 9.17) is 11.6 Å². The number of aliphatic hydroxyl groups is 1. The minimum absolute atomic E-state index is 0.0354. The van der Waals surface area contributed by atoms with Gasteiger partial charge in [0.15, 0.2) is 0 Å². The van der Waals surface area contributed by atoms with Crippen LogP contribution in [0.1, 0.15) is 24.1 Å². The number of benzene rings is 1. The van der Waals surface area contributed by atoms with Crippen molar-refractivity contribution in [3.8, 4) is 0 Å². The van der Waals surface area contributed by atoms with Gasteiger partial charge in [0.2, 0.25) is 5.91 Å². The number of hydrogen-bond donors (Lipinski definition) is 3. The number of β-amino-alcohol motifs (C(OH)–C–C–N with tert-alkyl or cyclic N) is 1. The van der Waals surface area contributed by atoms with Crippen molar-refractivity contribution in [2.75, 3.05) is 19.6 Å². The Kier molecular flexibility index (Phi) is 5.13. The van der Waals surface area contributed by atoms with Crippen LogP contribution in [0.5, 0.6) is 0 Å². The molecule has 1 unspecified atom stereocenters. The maximum Gasteiger partial charge on any atom is 0.221 e. The minimum Gasteiger partial charge on any atom is -0.382 e. The van der Waals surface area contributed by atoms with Gasteiger partial charge in [-0.25, -0.2) is 0 Å². The van der Waals surface area contributed by atoms with Gasteiger partial charge in [0, 0.05) is 37.6 Å². The first-order valence-electron chi connectivity index (χ1n) is 7.88. The van der Waals surface area contributed by atoms with Crippen LogP contribution in [-0.2, 0) is 16.9 Å². The lowest BCUT2D eigenvalue weighted by Crippen LogP contribution is -2.33. The number of likely N-dealkylation sites (tertiary alicyclic amines) is 1. The van der Waals surface area contributed by atoms with E-state index in [9.17, 15) is 9.90 Å². The summed E-state index contributed by atoms with van der Waals surface area (Å²) in [5.74, 6) is -0.0354. The molecule has 0 radical (unpaired) electrons. The van der Waals surface area contributed by atoms with Gasteiger partial charge >= 0.3 is 0 Å². The molecule has 2 heterocycles. The van der Waals surface area contributed by atoms with Gasteiger partial charge in [0.05, 0.1) is 6.20 Å². The fourth-order valence-corrected chi connectivity index (χ4v) is 3.08. The first kappa shape index (κ1) is 16.9. The Morgan fingerprint density at radius 1 is 1.46 bits per heavy atom. The molecule has 0 bridgehead atoms. The molecule has 24 heavy (non-hydrogen) atoms. The normalized spacial score (nSPS) is 21.1. The van der Waals surface area contributed by atoms with Crippen molar-refractivity contribution in [2.24, 2.45) is 0 Å². The van der Waals surface area contributed by atoms with Crippen LogP contribution in [0.2, 0.25) is 5.02 Å². The van der Waals surface area contributed by atoms with Gasteiger partial charge in [0.1, 0.15) is 11.3 Å². The highest BCUT2D eigenvalue weighted by Gasteiger charge is 2.39. The number of nitrogens with one attached hydrogen (secondary N) is 2. The smallest absolute Gasteiger partial charge is 0.221 e. The molecule has 0 saturated carbocycles. The third-order valence-electron chi connectivity index (χ3n) is 4.31. The van der Waals surface area contributed by atoms with Crippen molar-refractivity contribution in [1.29, 1.82) is 0 Å². The van der Waals surface area contributed by atoms with E-state index in [1.807, 2.05) is 18.2 Å². The SMILES string of the molecule is O=C(CCN1CCC(O)(c2cn[nH]n2)C1)NCc1ccccc1Cl. The summed E-state index contributed by atoms with van der Waals surface area (Å²) in [6.45, 7) is 2.19. The number of nitrogens with zero attached hydrogens (tertiary/aromatic N) is 3. The zero-order valence-corrected chi connectivity index (χ0v) is 14.0. The predicted octanol–water partition coefficient (Wildman–Crippen LogP) is 1.06. The predicted molar refractivity (Wildman–Crippen MR) is 89.3 cm³/mol. The second-order valence-electron chi connectivity index (χ2n) is 6.03. The van der Waals surface area contributed by atoms with Crippen LogP contribution in [0.15, 0.2) is 30.5 Å². The van der Waals surface area contributed by atoms with Crippen LogP contribution in [0, 0.1) is 0 Å². The van der Waals surface area contributed by atoms with Gasteiger partial charge < -0.3 is 10.4 Å². The van der Waals surface area contributed by atoms with Crippen LogP contribution in [-0.4, -0.2) is 51.0 Å². The third kappa shape index (κ3) is 3.92. The Morgan fingerprint density at radius 2 is 2.29 bits per heavy atom. The van der Waals surface area contributed by atoms with Crippen LogP contribution in [0.25, 0.3) is 0 Å². The molecule has 7 nitrogen and oxygen atoms in total. The average Bonchev–Trinajstić information content (AvgIpc) is 3.23. The largest absolute Gasteiger partial charge is 0.382 e. The quantitative estimate of drug-likeness (QED) is 0.725. The molecular formula is C16H20ClN5O2. The molecule has 1 saturated heterocycles. The second-order valence-corrected chi connectivity index (χ2v) is 6.44. The van der Waals surface area contributed by atoms with Crippen LogP contribution < -0.4 is 5.32 Å². The Balaban J connectivity index is 1.43. The standard InChI is InChI=1S/C16H20ClN5O2/c17-13-4-2-1-3-12(13)9-18-15(23)5-7-22-8-6-16(24,11-22)14-10-19-21-20-14/h1-4,10,24H,5-9,11H2,(H,18,23)(H,19,20,21). The lowest BCUT2D eigenvalue weighted by molar-refractivity contribution is -0.121. The summed E-state index contributed by atoms with van der Waals surface area (Å²) >= 11 is 6.07. The highest BCUT2D eigenvalue weighted by molar-refractivity contribution is 6.31. The van der Waals surface area contributed by atoms with E-state index in [1.165, 1.54) is 0 Å². The highest BCUT2D eigenvalue weighted by Crippen LogP contribution is 2.29. The van der Waals surface area contributed by atoms with Crippen LogP contribution in [0.4, 0.5) is 0 Å². The molecule has 0 aliphatic carbocycles.